The lowest BCUT2D eigenvalue weighted by Gasteiger charge is -2.31. The first-order valence-electron chi connectivity index (χ1n) is 19.8. The minimum Gasteiger partial charge on any atom is -0.310 e. The van der Waals surface area contributed by atoms with E-state index < -0.39 is 0 Å². The zero-order valence-corrected chi connectivity index (χ0v) is 31.2. The summed E-state index contributed by atoms with van der Waals surface area (Å²) in [6.07, 6.45) is 6.63. The van der Waals surface area contributed by atoms with Crippen molar-refractivity contribution in [2.75, 3.05) is 4.90 Å². The van der Waals surface area contributed by atoms with Crippen molar-refractivity contribution in [2.24, 2.45) is 0 Å². The topological polar surface area (TPSA) is 3.24 Å². The maximum absolute atomic E-state index is 2.53. The lowest BCUT2D eigenvalue weighted by atomic mass is 9.78. The number of hydrogen-bond donors (Lipinski definition) is 0. The van der Waals surface area contributed by atoms with Gasteiger partial charge in [0.15, 0.2) is 0 Å². The first kappa shape index (κ1) is 32.7. The van der Waals surface area contributed by atoms with Crippen LogP contribution in [0.3, 0.4) is 0 Å². The number of fused-ring (bicyclic) bond motifs is 5. The van der Waals surface area contributed by atoms with Crippen LogP contribution in [0.1, 0.15) is 68.6 Å². The molecule has 0 aromatic heterocycles. The zero-order chi connectivity index (χ0) is 36.2. The van der Waals surface area contributed by atoms with Crippen molar-refractivity contribution in [1.82, 2.24) is 0 Å². The molecule has 54 heavy (non-hydrogen) atoms. The van der Waals surface area contributed by atoms with E-state index in [1.165, 1.54) is 121 Å². The van der Waals surface area contributed by atoms with Crippen molar-refractivity contribution in [3.63, 3.8) is 0 Å². The maximum Gasteiger partial charge on any atom is 0.0546 e. The molecular formula is C53H45N. The highest BCUT2D eigenvalue weighted by atomic mass is 15.1. The molecule has 1 fully saturated rings. The standard InChI is InChI=1S/C53H45N/c1-53(2)49-35-42(32-33-46(49)48-26-14-24-45(52(48)53)39-17-7-4-8-18-39)54(41-30-27-37(28-31-41)36-15-5-3-6-16-36)50-34-29-40-20-10-12-23-44(40)51(50)47-25-13-21-38-19-9-11-22-43(38)47/h4,7-14,17-36H,3,5-6,15-16H2,1-2H3. The Morgan fingerprint density at radius 2 is 1.11 bits per heavy atom. The summed E-state index contributed by atoms with van der Waals surface area (Å²) in [7, 11) is 0. The van der Waals surface area contributed by atoms with E-state index in [1.54, 1.807) is 0 Å². The Hall–Kier alpha value is -5.92. The highest BCUT2D eigenvalue weighted by molar-refractivity contribution is 6.11. The van der Waals surface area contributed by atoms with Crippen molar-refractivity contribution in [3.8, 4) is 33.4 Å². The number of rotatable bonds is 6. The van der Waals surface area contributed by atoms with Crippen LogP contribution in [0.2, 0.25) is 0 Å². The Kier molecular flexibility index (Phi) is 7.99. The Labute approximate surface area is 319 Å². The molecule has 0 atom stereocenters. The van der Waals surface area contributed by atoms with Gasteiger partial charge in [-0.1, -0.05) is 173 Å². The number of benzene rings is 8. The van der Waals surface area contributed by atoms with Gasteiger partial charge in [0.2, 0.25) is 0 Å². The quantitative estimate of drug-likeness (QED) is 0.167. The van der Waals surface area contributed by atoms with Crippen molar-refractivity contribution in [2.45, 2.75) is 57.3 Å². The van der Waals surface area contributed by atoms with Crippen LogP contribution in [0.4, 0.5) is 17.1 Å². The number of anilines is 3. The second kappa shape index (κ2) is 13.2. The summed E-state index contributed by atoms with van der Waals surface area (Å²) in [4.78, 5) is 2.53. The van der Waals surface area contributed by atoms with Crippen molar-refractivity contribution >= 4 is 38.6 Å². The van der Waals surface area contributed by atoms with E-state index in [0.717, 1.165) is 0 Å². The molecule has 8 aromatic carbocycles. The van der Waals surface area contributed by atoms with E-state index in [1.807, 2.05) is 0 Å². The molecule has 10 rings (SSSR count). The molecule has 0 heterocycles. The fraction of sp³-hybridized carbons (Fsp3) is 0.170. The third-order valence-electron chi connectivity index (χ3n) is 12.4. The van der Waals surface area contributed by atoms with E-state index in [-0.39, 0.29) is 5.41 Å². The predicted molar refractivity (Wildman–Crippen MR) is 230 cm³/mol. The third kappa shape index (κ3) is 5.37. The molecule has 0 radical (unpaired) electrons. The SMILES string of the molecule is CC1(C)c2cc(N(c3ccc(C4CCCCC4)cc3)c3ccc4ccccc4c3-c3cccc4ccccc34)ccc2-c2cccc(-c3ccccc3)c21. The zero-order valence-electron chi connectivity index (χ0n) is 31.2. The summed E-state index contributed by atoms with van der Waals surface area (Å²) in [6.45, 7) is 4.82. The molecular weight excluding hydrogens is 651 g/mol. The molecule has 262 valence electrons. The first-order valence-corrected chi connectivity index (χ1v) is 19.8. The fourth-order valence-corrected chi connectivity index (χ4v) is 9.80. The largest absolute Gasteiger partial charge is 0.310 e. The lowest BCUT2D eigenvalue weighted by molar-refractivity contribution is 0.443. The molecule has 0 N–H and O–H groups in total. The van der Waals surface area contributed by atoms with Gasteiger partial charge >= 0.3 is 0 Å². The summed E-state index contributed by atoms with van der Waals surface area (Å²) in [5.74, 6) is 0.659. The highest BCUT2D eigenvalue weighted by Gasteiger charge is 2.38. The second-order valence-electron chi connectivity index (χ2n) is 15.9. The van der Waals surface area contributed by atoms with E-state index in [0.29, 0.717) is 5.92 Å². The molecule has 0 spiro atoms. The van der Waals surface area contributed by atoms with Gasteiger partial charge in [0.25, 0.3) is 0 Å². The van der Waals surface area contributed by atoms with Crippen LogP contribution >= 0.6 is 0 Å². The Bertz CT molecular complexity index is 2650. The van der Waals surface area contributed by atoms with Gasteiger partial charge in [-0.2, -0.15) is 0 Å². The van der Waals surface area contributed by atoms with E-state index in [9.17, 15) is 0 Å². The smallest absolute Gasteiger partial charge is 0.0546 e. The summed E-state index contributed by atoms with van der Waals surface area (Å²) < 4.78 is 0. The molecule has 1 nitrogen and oxygen atoms in total. The number of hydrogen-bond acceptors (Lipinski definition) is 1. The van der Waals surface area contributed by atoms with Gasteiger partial charge in [-0.15, -0.1) is 0 Å². The summed E-state index contributed by atoms with van der Waals surface area (Å²) in [6, 6.07) is 63.7. The molecule has 0 aliphatic heterocycles. The molecule has 1 heteroatoms. The van der Waals surface area contributed by atoms with Gasteiger partial charge in [0.05, 0.1) is 5.69 Å². The predicted octanol–water partition coefficient (Wildman–Crippen LogP) is 15.2. The van der Waals surface area contributed by atoms with E-state index >= 15 is 0 Å². The van der Waals surface area contributed by atoms with Crippen LogP contribution in [0.15, 0.2) is 170 Å². The summed E-state index contributed by atoms with van der Waals surface area (Å²) in [5, 5.41) is 5.03. The van der Waals surface area contributed by atoms with Gasteiger partial charge in [-0.3, -0.25) is 0 Å². The normalized spacial score (nSPS) is 14.9. The molecule has 0 unspecified atom stereocenters. The van der Waals surface area contributed by atoms with Crippen LogP contribution in [0.5, 0.6) is 0 Å². The molecule has 2 aliphatic rings. The molecule has 0 amide bonds. The third-order valence-corrected chi connectivity index (χ3v) is 12.4. The van der Waals surface area contributed by atoms with E-state index in [4.69, 9.17) is 0 Å². The van der Waals surface area contributed by atoms with Crippen LogP contribution in [-0.2, 0) is 5.41 Å². The van der Waals surface area contributed by atoms with Crippen LogP contribution in [0, 0.1) is 0 Å². The van der Waals surface area contributed by atoms with Crippen molar-refractivity contribution in [3.05, 3.63) is 187 Å². The highest BCUT2D eigenvalue weighted by Crippen LogP contribution is 2.54. The summed E-state index contributed by atoms with van der Waals surface area (Å²) in [5.41, 5.74) is 15.4. The van der Waals surface area contributed by atoms with Gasteiger partial charge < -0.3 is 4.90 Å². The average molecular weight is 696 g/mol. The number of nitrogens with zero attached hydrogens (tertiary/aromatic N) is 1. The van der Waals surface area contributed by atoms with Crippen LogP contribution < -0.4 is 4.90 Å². The van der Waals surface area contributed by atoms with Crippen molar-refractivity contribution in [1.29, 1.82) is 0 Å². The second-order valence-corrected chi connectivity index (χ2v) is 15.9. The minimum absolute atomic E-state index is 0.189. The average Bonchev–Trinajstić information content (AvgIpc) is 3.47. The maximum atomic E-state index is 2.53. The van der Waals surface area contributed by atoms with Crippen LogP contribution in [0.25, 0.3) is 54.9 Å². The monoisotopic (exact) mass is 695 g/mol. The summed E-state index contributed by atoms with van der Waals surface area (Å²) >= 11 is 0. The Morgan fingerprint density at radius 1 is 0.481 bits per heavy atom. The molecule has 2 aliphatic carbocycles. The lowest BCUT2D eigenvalue weighted by Crippen LogP contribution is -2.18. The molecule has 0 bridgehead atoms. The molecule has 0 saturated heterocycles. The van der Waals surface area contributed by atoms with Crippen LogP contribution in [-0.4, -0.2) is 0 Å². The van der Waals surface area contributed by atoms with Gasteiger partial charge in [0.1, 0.15) is 0 Å². The Balaban J connectivity index is 1.20. The fourth-order valence-electron chi connectivity index (χ4n) is 9.80. The molecule has 8 aromatic rings. The van der Waals surface area contributed by atoms with E-state index in [2.05, 4.69) is 189 Å². The Morgan fingerprint density at radius 3 is 1.91 bits per heavy atom. The van der Waals surface area contributed by atoms with Crippen molar-refractivity contribution < 1.29 is 0 Å². The first-order chi connectivity index (χ1) is 26.6. The minimum atomic E-state index is -0.189. The molecule has 1 saturated carbocycles. The van der Waals surface area contributed by atoms with Gasteiger partial charge in [0, 0.05) is 22.4 Å². The van der Waals surface area contributed by atoms with Gasteiger partial charge in [-0.05, 0) is 115 Å². The van der Waals surface area contributed by atoms with Gasteiger partial charge in [-0.25, -0.2) is 0 Å².